The van der Waals surface area contributed by atoms with Crippen molar-refractivity contribution in [3.8, 4) is 0 Å². The molecule has 0 saturated heterocycles. The molecule has 0 fully saturated rings. The number of rotatable bonds is 8. The predicted octanol–water partition coefficient (Wildman–Crippen LogP) is 3.39. The molecule has 0 spiro atoms. The average molecular weight is 473 g/mol. The lowest BCUT2D eigenvalue weighted by Gasteiger charge is -2.14. The van der Waals surface area contributed by atoms with Gasteiger partial charge in [0.15, 0.2) is 11.0 Å². The number of nitro groups is 1. The summed E-state index contributed by atoms with van der Waals surface area (Å²) in [5, 5.41) is 24.8. The first kappa shape index (κ1) is 23.9. The Kier molecular flexibility index (Phi) is 7.38. The van der Waals surface area contributed by atoms with Crippen LogP contribution in [0.15, 0.2) is 47.6 Å². The van der Waals surface area contributed by atoms with E-state index in [9.17, 15) is 24.1 Å². The van der Waals surface area contributed by atoms with Gasteiger partial charge in [-0.1, -0.05) is 23.9 Å². The second kappa shape index (κ2) is 10.2. The van der Waals surface area contributed by atoms with Crippen LogP contribution in [0.25, 0.3) is 0 Å². The van der Waals surface area contributed by atoms with Crippen LogP contribution in [0, 0.1) is 22.9 Å². The maximum Gasteiger partial charge on any atom is 0.269 e. The van der Waals surface area contributed by atoms with Crippen LogP contribution in [0.1, 0.15) is 34.7 Å². The fourth-order valence-electron chi connectivity index (χ4n) is 3.03. The van der Waals surface area contributed by atoms with Crippen LogP contribution in [0.3, 0.4) is 0 Å². The number of non-ortho nitro benzene ring substituents is 1. The largest absolute Gasteiger partial charge is 0.342 e. The third-order valence-corrected chi connectivity index (χ3v) is 5.77. The molecule has 2 amide bonds. The molecular weight excluding hydrogens is 451 g/mol. The van der Waals surface area contributed by atoms with Gasteiger partial charge in [-0.25, -0.2) is 4.39 Å². The zero-order valence-corrected chi connectivity index (χ0v) is 18.9. The molecular formula is C21H21FN6O4S. The fraction of sp³-hybridized carbons (Fsp3) is 0.238. The number of carbonyl (C=O) groups is 2. The molecule has 12 heteroatoms. The van der Waals surface area contributed by atoms with E-state index >= 15 is 0 Å². The molecule has 0 saturated carbocycles. The topological polar surface area (TPSA) is 132 Å². The SMILES string of the molecule is Cc1cc([N+](=O)[O-])ccc1NC(=O)CSc1nnc([C@@H](C)NC(=O)c2ccccc2F)n1C. The molecule has 3 aromatic rings. The first-order valence-corrected chi connectivity index (χ1v) is 10.8. The Morgan fingerprint density at radius 1 is 1.24 bits per heavy atom. The van der Waals surface area contributed by atoms with Gasteiger partial charge in [0.05, 0.1) is 22.3 Å². The molecule has 0 aliphatic rings. The number of aryl methyl sites for hydroxylation is 1. The molecule has 1 heterocycles. The van der Waals surface area contributed by atoms with Gasteiger partial charge < -0.3 is 15.2 Å². The lowest BCUT2D eigenvalue weighted by atomic mass is 10.2. The van der Waals surface area contributed by atoms with E-state index in [-0.39, 0.29) is 22.9 Å². The Balaban J connectivity index is 1.59. The number of benzene rings is 2. The summed E-state index contributed by atoms with van der Waals surface area (Å²) in [6.07, 6.45) is 0. The van der Waals surface area contributed by atoms with E-state index in [0.717, 1.165) is 11.8 Å². The van der Waals surface area contributed by atoms with E-state index in [2.05, 4.69) is 20.8 Å². The molecule has 0 bridgehead atoms. The minimum Gasteiger partial charge on any atom is -0.342 e. The zero-order valence-electron chi connectivity index (χ0n) is 18.0. The summed E-state index contributed by atoms with van der Waals surface area (Å²) in [7, 11) is 1.70. The summed E-state index contributed by atoms with van der Waals surface area (Å²) in [4.78, 5) is 35.0. The second-order valence-corrected chi connectivity index (χ2v) is 8.11. The Morgan fingerprint density at radius 3 is 2.64 bits per heavy atom. The van der Waals surface area contributed by atoms with Gasteiger partial charge in [0, 0.05) is 24.9 Å². The van der Waals surface area contributed by atoms with Gasteiger partial charge in [-0.05, 0) is 37.6 Å². The Morgan fingerprint density at radius 2 is 1.97 bits per heavy atom. The monoisotopic (exact) mass is 472 g/mol. The molecule has 1 aromatic heterocycles. The molecule has 0 radical (unpaired) electrons. The number of halogens is 1. The normalized spacial score (nSPS) is 11.6. The molecule has 2 aromatic carbocycles. The first-order chi connectivity index (χ1) is 15.7. The number of nitrogens with zero attached hydrogens (tertiary/aromatic N) is 4. The van der Waals surface area contributed by atoms with E-state index in [1.54, 1.807) is 31.5 Å². The number of thioether (sulfide) groups is 1. The van der Waals surface area contributed by atoms with Crippen LogP contribution in [0.2, 0.25) is 0 Å². The highest BCUT2D eigenvalue weighted by atomic mass is 32.2. The average Bonchev–Trinajstić information content (AvgIpc) is 3.14. The minimum absolute atomic E-state index is 0.0262. The highest BCUT2D eigenvalue weighted by Gasteiger charge is 2.20. The van der Waals surface area contributed by atoms with Crippen LogP contribution in [0.4, 0.5) is 15.8 Å². The van der Waals surface area contributed by atoms with Crippen LogP contribution in [-0.2, 0) is 11.8 Å². The van der Waals surface area contributed by atoms with E-state index in [1.165, 1.54) is 36.4 Å². The lowest BCUT2D eigenvalue weighted by Crippen LogP contribution is -2.29. The van der Waals surface area contributed by atoms with Gasteiger partial charge in [0.2, 0.25) is 5.91 Å². The molecule has 0 aliphatic carbocycles. The zero-order chi connectivity index (χ0) is 24.1. The second-order valence-electron chi connectivity index (χ2n) is 7.17. The quantitative estimate of drug-likeness (QED) is 0.292. The molecule has 33 heavy (non-hydrogen) atoms. The summed E-state index contributed by atoms with van der Waals surface area (Å²) in [6, 6.07) is 9.30. The van der Waals surface area contributed by atoms with Gasteiger partial charge in [0.1, 0.15) is 5.82 Å². The number of nitro benzene ring substituents is 1. The Bertz CT molecular complexity index is 1220. The van der Waals surface area contributed by atoms with Gasteiger partial charge in [-0.3, -0.25) is 19.7 Å². The van der Waals surface area contributed by atoms with Crippen LogP contribution in [0.5, 0.6) is 0 Å². The van der Waals surface area contributed by atoms with Crippen molar-refractivity contribution in [1.29, 1.82) is 0 Å². The first-order valence-electron chi connectivity index (χ1n) is 9.79. The van der Waals surface area contributed by atoms with Gasteiger partial charge in [0.25, 0.3) is 11.6 Å². The third kappa shape index (κ3) is 5.71. The standard InChI is InChI=1S/C21H21FN6O4S/c1-12-10-14(28(31)32)8-9-17(12)24-18(29)11-33-21-26-25-19(27(21)3)13(2)23-20(30)15-6-4-5-7-16(15)22/h4-10,13H,11H2,1-3H3,(H,23,30)(H,24,29)/t13-/m1/s1. The minimum atomic E-state index is -0.620. The Labute approximate surface area is 192 Å². The number of nitrogens with one attached hydrogen (secondary N) is 2. The number of hydrogen-bond acceptors (Lipinski definition) is 7. The summed E-state index contributed by atoms with van der Waals surface area (Å²) < 4.78 is 15.5. The number of amides is 2. The van der Waals surface area contributed by atoms with Gasteiger partial charge in [-0.2, -0.15) is 0 Å². The fourth-order valence-corrected chi connectivity index (χ4v) is 3.75. The molecule has 10 nitrogen and oxygen atoms in total. The van der Waals surface area contributed by atoms with E-state index in [4.69, 9.17) is 0 Å². The Hall–Kier alpha value is -3.80. The smallest absolute Gasteiger partial charge is 0.269 e. The molecule has 172 valence electrons. The van der Waals surface area contributed by atoms with Crippen molar-refractivity contribution in [2.24, 2.45) is 7.05 Å². The van der Waals surface area contributed by atoms with Crippen LogP contribution in [-0.4, -0.2) is 37.3 Å². The summed E-state index contributed by atoms with van der Waals surface area (Å²) in [6.45, 7) is 3.36. The summed E-state index contributed by atoms with van der Waals surface area (Å²) in [5.74, 6) is -1.05. The maximum absolute atomic E-state index is 13.8. The number of aromatic nitrogens is 3. The van der Waals surface area contributed by atoms with Crippen molar-refractivity contribution in [2.75, 3.05) is 11.1 Å². The van der Waals surface area contributed by atoms with E-state index in [0.29, 0.717) is 22.2 Å². The summed E-state index contributed by atoms with van der Waals surface area (Å²) >= 11 is 1.14. The molecule has 1 atom stereocenters. The third-order valence-electron chi connectivity index (χ3n) is 4.75. The molecule has 2 N–H and O–H groups in total. The predicted molar refractivity (Wildman–Crippen MR) is 120 cm³/mol. The van der Waals surface area contributed by atoms with Crippen molar-refractivity contribution in [1.82, 2.24) is 20.1 Å². The van der Waals surface area contributed by atoms with Gasteiger partial charge in [-0.15, -0.1) is 10.2 Å². The number of hydrogen-bond donors (Lipinski definition) is 2. The number of carbonyl (C=O) groups excluding carboxylic acids is 2. The van der Waals surface area contributed by atoms with Crippen LogP contribution >= 0.6 is 11.8 Å². The summed E-state index contributed by atoms with van der Waals surface area (Å²) in [5.41, 5.74) is 0.930. The van der Waals surface area contributed by atoms with Crippen molar-refractivity contribution in [2.45, 2.75) is 25.0 Å². The highest BCUT2D eigenvalue weighted by Crippen LogP contribution is 2.23. The van der Waals surface area contributed by atoms with Gasteiger partial charge >= 0.3 is 0 Å². The molecule has 0 unspecified atom stereocenters. The van der Waals surface area contributed by atoms with E-state index in [1.807, 2.05) is 0 Å². The van der Waals surface area contributed by atoms with Crippen LogP contribution < -0.4 is 10.6 Å². The molecule has 3 rings (SSSR count). The lowest BCUT2D eigenvalue weighted by molar-refractivity contribution is -0.384. The van der Waals surface area contributed by atoms with Crippen molar-refractivity contribution in [3.05, 3.63) is 75.3 Å². The number of anilines is 1. The van der Waals surface area contributed by atoms with E-state index < -0.39 is 22.7 Å². The highest BCUT2D eigenvalue weighted by molar-refractivity contribution is 7.99. The van der Waals surface area contributed by atoms with Crippen molar-refractivity contribution in [3.63, 3.8) is 0 Å². The van der Waals surface area contributed by atoms with Crippen molar-refractivity contribution < 1.29 is 18.9 Å². The molecule has 0 aliphatic heterocycles. The maximum atomic E-state index is 13.8. The van der Waals surface area contributed by atoms with Crippen molar-refractivity contribution >= 4 is 35.0 Å².